The van der Waals surface area contributed by atoms with Crippen molar-refractivity contribution in [2.24, 2.45) is 5.73 Å². The van der Waals surface area contributed by atoms with Crippen LogP contribution in [0.5, 0.6) is 0 Å². The third-order valence-corrected chi connectivity index (χ3v) is 1.78. The molecule has 1 saturated heterocycles. The van der Waals surface area contributed by atoms with Crippen LogP contribution in [-0.4, -0.2) is 46.5 Å². The molecule has 0 saturated carbocycles. The summed E-state index contributed by atoms with van der Waals surface area (Å²) in [4.78, 5) is 0. The van der Waals surface area contributed by atoms with Gasteiger partial charge in [0.05, 0.1) is 12.7 Å². The highest BCUT2D eigenvalue weighted by atomic mass is 16.5. The van der Waals surface area contributed by atoms with Crippen molar-refractivity contribution in [3.05, 3.63) is 0 Å². The number of ether oxygens (including phenoxy) is 1. The van der Waals surface area contributed by atoms with Gasteiger partial charge in [0.15, 0.2) is 0 Å². The fraction of sp³-hybridized carbons (Fsp3) is 1.00. The van der Waals surface area contributed by atoms with Gasteiger partial charge in [-0.25, -0.2) is 0 Å². The second kappa shape index (κ2) is 3.46. The molecule has 0 bridgehead atoms. The fourth-order valence-corrected chi connectivity index (χ4v) is 1.14. The molecule has 11 heavy (non-hydrogen) atoms. The van der Waals surface area contributed by atoms with Crippen molar-refractivity contribution in [1.29, 1.82) is 0 Å². The van der Waals surface area contributed by atoms with Crippen LogP contribution >= 0.6 is 0 Å². The Bertz CT molecular complexity index is 132. The molecule has 0 aromatic rings. The van der Waals surface area contributed by atoms with Crippen molar-refractivity contribution < 1.29 is 20.1 Å². The first-order valence-electron chi connectivity index (χ1n) is 3.53. The van der Waals surface area contributed by atoms with Gasteiger partial charge in [-0.05, 0) is 0 Å². The zero-order valence-electron chi connectivity index (χ0n) is 6.05. The van der Waals surface area contributed by atoms with Gasteiger partial charge in [-0.3, -0.25) is 0 Å². The molecule has 1 unspecified atom stereocenters. The third kappa shape index (κ3) is 1.88. The smallest absolute Gasteiger partial charge is 0.111 e. The molecule has 0 amide bonds. The van der Waals surface area contributed by atoms with Crippen LogP contribution in [0.15, 0.2) is 0 Å². The van der Waals surface area contributed by atoms with Gasteiger partial charge < -0.3 is 25.8 Å². The summed E-state index contributed by atoms with van der Waals surface area (Å²) in [6.07, 6.45) is -3.06. The number of rotatable bonds is 1. The van der Waals surface area contributed by atoms with Crippen LogP contribution in [-0.2, 0) is 4.74 Å². The van der Waals surface area contributed by atoms with Crippen molar-refractivity contribution in [2.75, 3.05) is 6.61 Å². The first-order valence-corrected chi connectivity index (χ1v) is 3.53. The molecule has 0 aliphatic carbocycles. The lowest BCUT2D eigenvalue weighted by Crippen LogP contribution is -2.52. The zero-order valence-corrected chi connectivity index (χ0v) is 6.05. The van der Waals surface area contributed by atoms with Crippen molar-refractivity contribution >= 4 is 0 Å². The van der Waals surface area contributed by atoms with Crippen LogP contribution in [0.2, 0.25) is 0 Å². The van der Waals surface area contributed by atoms with E-state index in [0.29, 0.717) is 0 Å². The molecule has 0 radical (unpaired) electrons. The normalized spacial score (nSPS) is 45.8. The molecular formula is C6H13NO4. The van der Waals surface area contributed by atoms with Gasteiger partial charge in [-0.2, -0.15) is 0 Å². The van der Waals surface area contributed by atoms with Crippen molar-refractivity contribution in [1.82, 2.24) is 0 Å². The summed E-state index contributed by atoms with van der Waals surface area (Å²) in [5.74, 6) is 0. The molecule has 1 aliphatic rings. The van der Waals surface area contributed by atoms with Crippen LogP contribution in [0.1, 0.15) is 6.42 Å². The molecule has 0 aromatic heterocycles. The Morgan fingerprint density at radius 3 is 2.64 bits per heavy atom. The molecule has 1 rings (SSSR count). The molecule has 5 N–H and O–H groups in total. The molecule has 1 aliphatic heterocycles. The third-order valence-electron chi connectivity index (χ3n) is 1.78. The van der Waals surface area contributed by atoms with Crippen LogP contribution in [0, 0.1) is 0 Å². The molecule has 1 heterocycles. The first-order chi connectivity index (χ1) is 5.15. The van der Waals surface area contributed by atoms with Crippen LogP contribution < -0.4 is 5.73 Å². The summed E-state index contributed by atoms with van der Waals surface area (Å²) < 4.78 is 4.94. The molecule has 5 heteroatoms. The summed E-state index contributed by atoms with van der Waals surface area (Å²) in [5.41, 5.74) is 5.35. The predicted octanol–water partition coefficient (Wildman–Crippen LogP) is -2.23. The Morgan fingerprint density at radius 2 is 2.09 bits per heavy atom. The second-order valence-electron chi connectivity index (χ2n) is 2.69. The maximum Gasteiger partial charge on any atom is 0.111 e. The molecule has 4 atom stereocenters. The predicted molar refractivity (Wildman–Crippen MR) is 36.6 cm³/mol. The van der Waals surface area contributed by atoms with Gasteiger partial charge in [0.1, 0.15) is 18.4 Å². The minimum absolute atomic E-state index is 0.206. The first kappa shape index (κ1) is 8.89. The van der Waals surface area contributed by atoms with Crippen LogP contribution in [0.3, 0.4) is 0 Å². The Balaban J connectivity index is 2.51. The quantitative estimate of drug-likeness (QED) is 0.351. The number of hydrogen-bond acceptors (Lipinski definition) is 5. The van der Waals surface area contributed by atoms with Gasteiger partial charge in [-0.15, -0.1) is 0 Å². The van der Waals surface area contributed by atoms with E-state index in [1.807, 2.05) is 0 Å². The van der Waals surface area contributed by atoms with E-state index in [9.17, 15) is 0 Å². The Morgan fingerprint density at radius 1 is 1.45 bits per heavy atom. The monoisotopic (exact) mass is 163 g/mol. The van der Waals surface area contributed by atoms with Gasteiger partial charge in [0, 0.05) is 6.42 Å². The molecule has 0 spiro atoms. The maximum atomic E-state index is 9.16. The number of aliphatic hydroxyl groups is 3. The lowest BCUT2D eigenvalue weighted by atomic mass is 10.0. The summed E-state index contributed by atoms with van der Waals surface area (Å²) >= 11 is 0. The minimum atomic E-state index is -1.03. The van der Waals surface area contributed by atoms with E-state index in [2.05, 4.69) is 0 Å². The standard InChI is InChI=1S/C6H13NO4/c7-5-1-3(9)6(10)4(2-8)11-5/h3-6,8-10H,1-2,7H2/t3-,4-,5?,6-/m1/s1. The van der Waals surface area contributed by atoms with E-state index in [0.717, 1.165) is 0 Å². The van der Waals surface area contributed by atoms with E-state index < -0.39 is 24.5 Å². The molecule has 0 aromatic carbocycles. The van der Waals surface area contributed by atoms with Crippen LogP contribution in [0.25, 0.3) is 0 Å². The molecular weight excluding hydrogens is 150 g/mol. The fourth-order valence-electron chi connectivity index (χ4n) is 1.14. The summed E-state index contributed by atoms with van der Waals surface area (Å²) in [7, 11) is 0. The molecule has 1 fully saturated rings. The minimum Gasteiger partial charge on any atom is -0.394 e. The number of aliphatic hydroxyl groups excluding tert-OH is 3. The van der Waals surface area contributed by atoms with Crippen molar-refractivity contribution in [2.45, 2.75) is 31.0 Å². The highest BCUT2D eigenvalue weighted by molar-refractivity contribution is 4.82. The summed E-state index contributed by atoms with van der Waals surface area (Å²) in [6, 6.07) is 0. The number of nitrogens with two attached hydrogens (primary N) is 1. The average Bonchev–Trinajstić information content (AvgIpc) is 1.96. The highest BCUT2D eigenvalue weighted by Crippen LogP contribution is 2.16. The van der Waals surface area contributed by atoms with Crippen molar-refractivity contribution in [3.8, 4) is 0 Å². The van der Waals surface area contributed by atoms with Gasteiger partial charge in [0.2, 0.25) is 0 Å². The van der Waals surface area contributed by atoms with E-state index in [1.165, 1.54) is 0 Å². The van der Waals surface area contributed by atoms with E-state index in [1.54, 1.807) is 0 Å². The zero-order chi connectivity index (χ0) is 8.43. The Hall–Kier alpha value is -0.200. The summed E-state index contributed by atoms with van der Waals surface area (Å²) in [5, 5.41) is 26.9. The lowest BCUT2D eigenvalue weighted by Gasteiger charge is -2.34. The molecule has 5 nitrogen and oxygen atoms in total. The maximum absolute atomic E-state index is 9.16. The second-order valence-corrected chi connectivity index (χ2v) is 2.69. The largest absolute Gasteiger partial charge is 0.394 e. The van der Waals surface area contributed by atoms with Gasteiger partial charge in [-0.1, -0.05) is 0 Å². The lowest BCUT2D eigenvalue weighted by molar-refractivity contribution is -0.177. The van der Waals surface area contributed by atoms with E-state index in [4.69, 9.17) is 25.8 Å². The topological polar surface area (TPSA) is 95.9 Å². The average molecular weight is 163 g/mol. The van der Waals surface area contributed by atoms with Gasteiger partial charge >= 0.3 is 0 Å². The molecule has 66 valence electrons. The van der Waals surface area contributed by atoms with Crippen LogP contribution in [0.4, 0.5) is 0 Å². The Labute approximate surface area is 64.4 Å². The SMILES string of the molecule is NC1C[C@@H](O)[C@@H](O)[C@@H](CO)O1. The van der Waals surface area contributed by atoms with Gasteiger partial charge in [0.25, 0.3) is 0 Å². The number of hydrogen-bond donors (Lipinski definition) is 4. The van der Waals surface area contributed by atoms with Crippen molar-refractivity contribution in [3.63, 3.8) is 0 Å². The van der Waals surface area contributed by atoms with E-state index in [-0.39, 0.29) is 13.0 Å². The van der Waals surface area contributed by atoms with E-state index >= 15 is 0 Å². The summed E-state index contributed by atoms with van der Waals surface area (Å²) in [6.45, 7) is -0.327. The Kier molecular flexibility index (Phi) is 2.80. The highest BCUT2D eigenvalue weighted by Gasteiger charge is 2.34.